The van der Waals surface area contributed by atoms with Gasteiger partial charge in [0.2, 0.25) is 0 Å². The van der Waals surface area contributed by atoms with Crippen molar-refractivity contribution in [2.24, 2.45) is 0 Å². The predicted molar refractivity (Wildman–Crippen MR) is 105 cm³/mol. The van der Waals surface area contributed by atoms with E-state index in [1.54, 1.807) is 24.3 Å². The molecule has 0 unspecified atom stereocenters. The number of rotatable bonds is 5. The van der Waals surface area contributed by atoms with E-state index in [1.165, 1.54) is 25.7 Å². The van der Waals surface area contributed by atoms with Gasteiger partial charge in [0.25, 0.3) is 5.69 Å². The highest BCUT2D eigenvalue weighted by Gasteiger charge is 2.20. The Hall–Kier alpha value is -2.80. The van der Waals surface area contributed by atoms with Crippen LogP contribution in [-0.2, 0) is 4.74 Å². The molecule has 2 aromatic rings. The van der Waals surface area contributed by atoms with E-state index < -0.39 is 10.9 Å². The maximum atomic E-state index is 12.0. The van der Waals surface area contributed by atoms with Crippen molar-refractivity contribution in [1.29, 1.82) is 0 Å². The molecule has 0 amide bonds. The summed E-state index contributed by atoms with van der Waals surface area (Å²) in [6.07, 6.45) is 3.39. The zero-order valence-electron chi connectivity index (χ0n) is 14.9. The van der Waals surface area contributed by atoms with Crippen LogP contribution >= 0.6 is 11.6 Å². The number of nitrogens with zero attached hydrogens (tertiary/aromatic N) is 2. The van der Waals surface area contributed by atoms with Gasteiger partial charge in [0, 0.05) is 29.9 Å². The van der Waals surface area contributed by atoms with Crippen molar-refractivity contribution in [3.05, 3.63) is 57.1 Å². The van der Waals surface area contributed by atoms with Gasteiger partial charge in [-0.25, -0.2) is 4.79 Å². The van der Waals surface area contributed by atoms with E-state index in [4.69, 9.17) is 16.3 Å². The minimum atomic E-state index is -0.552. The van der Waals surface area contributed by atoms with Crippen LogP contribution in [0.2, 0.25) is 5.02 Å². The van der Waals surface area contributed by atoms with E-state index in [1.807, 2.05) is 0 Å². The first kappa shape index (κ1) is 19.0. The third-order valence-electron chi connectivity index (χ3n) is 4.55. The van der Waals surface area contributed by atoms with Crippen molar-refractivity contribution < 1.29 is 14.5 Å². The van der Waals surface area contributed by atoms with Gasteiger partial charge in [-0.1, -0.05) is 11.6 Å². The largest absolute Gasteiger partial charge is 0.465 e. The first-order chi connectivity index (χ1) is 13.0. The van der Waals surface area contributed by atoms with Crippen LogP contribution in [0.4, 0.5) is 22.7 Å². The molecule has 1 saturated heterocycles. The third kappa shape index (κ3) is 4.31. The minimum absolute atomic E-state index is 0.0773. The summed E-state index contributed by atoms with van der Waals surface area (Å²) in [6, 6.07) is 9.62. The van der Waals surface area contributed by atoms with E-state index in [9.17, 15) is 14.9 Å². The molecule has 0 aromatic heterocycles. The normalized spacial score (nSPS) is 13.9. The summed E-state index contributed by atoms with van der Waals surface area (Å²) in [6.45, 7) is 1.84. The molecule has 1 heterocycles. The predicted octanol–water partition coefficient (Wildman–Crippen LogP) is 4.77. The average Bonchev–Trinajstić information content (AvgIpc) is 2.68. The fourth-order valence-electron chi connectivity index (χ4n) is 3.19. The topological polar surface area (TPSA) is 84.7 Å². The highest BCUT2D eigenvalue weighted by Crippen LogP contribution is 2.34. The number of nitrogens with one attached hydrogen (secondary N) is 1. The molecule has 7 nitrogen and oxygen atoms in total. The Bertz CT molecular complexity index is 866. The molecular weight excluding hydrogens is 370 g/mol. The van der Waals surface area contributed by atoms with Crippen molar-refractivity contribution >= 4 is 40.3 Å². The molecule has 2 aromatic carbocycles. The molecule has 0 atom stereocenters. The first-order valence-corrected chi connectivity index (χ1v) is 9.05. The van der Waals surface area contributed by atoms with Gasteiger partial charge in [-0.3, -0.25) is 10.1 Å². The van der Waals surface area contributed by atoms with Gasteiger partial charge >= 0.3 is 5.97 Å². The number of anilines is 3. The van der Waals surface area contributed by atoms with Gasteiger partial charge in [-0.15, -0.1) is 0 Å². The van der Waals surface area contributed by atoms with Crippen molar-refractivity contribution in [3.63, 3.8) is 0 Å². The molecule has 142 valence electrons. The van der Waals surface area contributed by atoms with E-state index in [0.29, 0.717) is 16.4 Å². The van der Waals surface area contributed by atoms with Gasteiger partial charge in [0.1, 0.15) is 5.69 Å². The zero-order chi connectivity index (χ0) is 19.4. The molecule has 0 aliphatic carbocycles. The lowest BCUT2D eigenvalue weighted by Gasteiger charge is -2.29. The summed E-state index contributed by atoms with van der Waals surface area (Å²) < 4.78 is 4.79. The number of methoxy groups -OCH3 is 1. The summed E-state index contributed by atoms with van der Waals surface area (Å²) >= 11 is 6.05. The van der Waals surface area contributed by atoms with Gasteiger partial charge < -0.3 is 15.0 Å². The number of nitro benzene ring substituents is 1. The molecule has 1 fully saturated rings. The molecular formula is C19H20ClN3O4. The van der Waals surface area contributed by atoms with E-state index in [0.717, 1.165) is 31.6 Å². The molecule has 8 heteroatoms. The quantitative estimate of drug-likeness (QED) is 0.450. The second-order valence-corrected chi connectivity index (χ2v) is 6.75. The number of carbonyl (C=O) groups excluding carboxylic acids is 1. The molecule has 0 bridgehead atoms. The number of carbonyl (C=O) groups is 1. The summed E-state index contributed by atoms with van der Waals surface area (Å²) in [5.74, 6) is -0.552. The van der Waals surface area contributed by atoms with Gasteiger partial charge in [0.15, 0.2) is 0 Å². The van der Waals surface area contributed by atoms with Crippen LogP contribution in [0.15, 0.2) is 36.4 Å². The maximum absolute atomic E-state index is 12.0. The van der Waals surface area contributed by atoms with Crippen LogP contribution in [-0.4, -0.2) is 31.1 Å². The second kappa shape index (κ2) is 8.26. The van der Waals surface area contributed by atoms with Crippen molar-refractivity contribution in [2.75, 3.05) is 30.4 Å². The van der Waals surface area contributed by atoms with Crippen molar-refractivity contribution in [1.82, 2.24) is 0 Å². The van der Waals surface area contributed by atoms with Gasteiger partial charge in [-0.2, -0.15) is 0 Å². The summed E-state index contributed by atoms with van der Waals surface area (Å²) in [5, 5.41) is 14.9. The Labute approximate surface area is 162 Å². The van der Waals surface area contributed by atoms with Crippen LogP contribution in [0.25, 0.3) is 0 Å². The Kier molecular flexibility index (Phi) is 5.81. The number of hydrogen-bond donors (Lipinski definition) is 1. The highest BCUT2D eigenvalue weighted by atomic mass is 35.5. The fourth-order valence-corrected chi connectivity index (χ4v) is 3.36. The number of benzene rings is 2. The Balaban J connectivity index is 2.01. The lowest BCUT2D eigenvalue weighted by atomic mass is 10.1. The van der Waals surface area contributed by atoms with Gasteiger partial charge in [-0.05, 0) is 49.6 Å². The SMILES string of the molecule is COC(=O)c1ccc(Cl)cc1Nc1cc(N2CCCCC2)ccc1[N+](=O)[O-]. The summed E-state index contributed by atoms with van der Waals surface area (Å²) in [7, 11) is 1.28. The lowest BCUT2D eigenvalue weighted by Crippen LogP contribution is -2.29. The molecule has 0 saturated carbocycles. The minimum Gasteiger partial charge on any atom is -0.465 e. The van der Waals surface area contributed by atoms with Crippen molar-refractivity contribution in [3.8, 4) is 0 Å². The number of halogens is 1. The maximum Gasteiger partial charge on any atom is 0.339 e. The van der Waals surface area contributed by atoms with E-state index in [-0.39, 0.29) is 11.3 Å². The smallest absolute Gasteiger partial charge is 0.339 e. The Morgan fingerprint density at radius 2 is 1.89 bits per heavy atom. The first-order valence-electron chi connectivity index (χ1n) is 8.68. The summed E-state index contributed by atoms with van der Waals surface area (Å²) in [5.41, 5.74) is 1.74. The lowest BCUT2D eigenvalue weighted by molar-refractivity contribution is -0.383. The number of hydrogen-bond acceptors (Lipinski definition) is 6. The molecule has 3 rings (SSSR count). The van der Waals surface area contributed by atoms with Crippen LogP contribution in [0.3, 0.4) is 0 Å². The van der Waals surface area contributed by atoms with Crippen LogP contribution in [0, 0.1) is 10.1 Å². The van der Waals surface area contributed by atoms with Crippen LogP contribution in [0.1, 0.15) is 29.6 Å². The monoisotopic (exact) mass is 389 g/mol. The Morgan fingerprint density at radius 1 is 1.15 bits per heavy atom. The highest BCUT2D eigenvalue weighted by molar-refractivity contribution is 6.31. The number of piperidine rings is 1. The number of ether oxygens (including phenoxy) is 1. The molecule has 1 aliphatic rings. The zero-order valence-corrected chi connectivity index (χ0v) is 15.7. The van der Waals surface area contributed by atoms with E-state index >= 15 is 0 Å². The average molecular weight is 390 g/mol. The van der Waals surface area contributed by atoms with Crippen molar-refractivity contribution in [2.45, 2.75) is 19.3 Å². The molecule has 1 aliphatic heterocycles. The standard InChI is InChI=1S/C19H20ClN3O4/c1-27-19(24)15-7-5-13(20)11-16(15)21-17-12-14(6-8-18(17)23(25)26)22-9-3-2-4-10-22/h5-8,11-12,21H,2-4,9-10H2,1H3. The van der Waals surface area contributed by atoms with Crippen LogP contribution in [0.5, 0.6) is 0 Å². The number of nitro groups is 1. The molecule has 0 spiro atoms. The van der Waals surface area contributed by atoms with Gasteiger partial charge in [0.05, 0.1) is 23.3 Å². The fraction of sp³-hybridized carbons (Fsp3) is 0.316. The molecule has 0 radical (unpaired) electrons. The third-order valence-corrected chi connectivity index (χ3v) is 4.79. The molecule has 1 N–H and O–H groups in total. The van der Waals surface area contributed by atoms with E-state index in [2.05, 4.69) is 10.2 Å². The number of esters is 1. The van der Waals surface area contributed by atoms with Crippen LogP contribution < -0.4 is 10.2 Å². The molecule has 27 heavy (non-hydrogen) atoms. The Morgan fingerprint density at radius 3 is 2.56 bits per heavy atom. The summed E-state index contributed by atoms with van der Waals surface area (Å²) in [4.78, 5) is 25.2. The second-order valence-electron chi connectivity index (χ2n) is 6.31.